The largest absolute Gasteiger partial charge is 0.399 e. The Morgan fingerprint density at radius 3 is 2.42 bits per heavy atom. The number of carbonyl (C=O) groups is 2. The molecule has 0 heterocycles. The number of benzene rings is 2. The van der Waals surface area contributed by atoms with Crippen LogP contribution < -0.4 is 16.4 Å². The van der Waals surface area contributed by atoms with Gasteiger partial charge in [-0.15, -0.1) is 0 Å². The number of hydrogen-bond acceptors (Lipinski definition) is 3. The Morgan fingerprint density at radius 1 is 1.00 bits per heavy atom. The Balaban J connectivity index is 1.54. The van der Waals surface area contributed by atoms with Gasteiger partial charge >= 0.3 is 0 Å². The maximum absolute atomic E-state index is 12.1. The lowest BCUT2D eigenvalue weighted by atomic mass is 10.1. The van der Waals surface area contributed by atoms with E-state index in [9.17, 15) is 9.59 Å². The van der Waals surface area contributed by atoms with E-state index in [4.69, 9.17) is 5.73 Å². The topological polar surface area (TPSA) is 84.2 Å². The van der Waals surface area contributed by atoms with Crippen LogP contribution in [0.1, 0.15) is 24.8 Å². The van der Waals surface area contributed by atoms with Gasteiger partial charge in [0.25, 0.3) is 0 Å². The van der Waals surface area contributed by atoms with E-state index in [1.54, 1.807) is 6.07 Å². The van der Waals surface area contributed by atoms with Crippen LogP contribution in [0.15, 0.2) is 48.5 Å². The van der Waals surface area contributed by atoms with Gasteiger partial charge < -0.3 is 16.4 Å². The minimum Gasteiger partial charge on any atom is -0.399 e. The molecule has 0 unspecified atom stereocenters. The van der Waals surface area contributed by atoms with Gasteiger partial charge in [-0.3, -0.25) is 9.59 Å². The molecule has 2 aromatic carbocycles. The lowest BCUT2D eigenvalue weighted by Gasteiger charge is -2.09. The van der Waals surface area contributed by atoms with E-state index >= 15 is 0 Å². The van der Waals surface area contributed by atoms with Crippen LogP contribution in [-0.2, 0) is 16.0 Å². The van der Waals surface area contributed by atoms with Crippen molar-refractivity contribution in [2.24, 2.45) is 5.92 Å². The molecule has 0 atom stereocenters. The second-order valence-corrected chi connectivity index (χ2v) is 6.09. The number of para-hydroxylation sites is 1. The lowest BCUT2D eigenvalue weighted by molar-refractivity contribution is -0.117. The third-order valence-electron chi connectivity index (χ3n) is 4.04. The SMILES string of the molecule is Nc1ccccc1CCC(=O)Nc1cccc(NC(=O)C2CC2)c1. The Kier molecular flexibility index (Phi) is 4.79. The van der Waals surface area contributed by atoms with Crippen molar-refractivity contribution in [1.82, 2.24) is 0 Å². The first kappa shape index (κ1) is 16.1. The molecule has 3 rings (SSSR count). The number of nitrogens with one attached hydrogen (secondary N) is 2. The molecular formula is C19H21N3O2. The molecule has 4 N–H and O–H groups in total. The third kappa shape index (κ3) is 4.35. The molecule has 0 spiro atoms. The Hall–Kier alpha value is -2.82. The van der Waals surface area contributed by atoms with Crippen molar-refractivity contribution in [3.8, 4) is 0 Å². The first-order valence-corrected chi connectivity index (χ1v) is 8.16. The van der Waals surface area contributed by atoms with E-state index in [1.807, 2.05) is 42.5 Å². The third-order valence-corrected chi connectivity index (χ3v) is 4.04. The number of carbonyl (C=O) groups excluding carboxylic acids is 2. The first-order valence-electron chi connectivity index (χ1n) is 8.16. The fourth-order valence-electron chi connectivity index (χ4n) is 2.50. The van der Waals surface area contributed by atoms with Crippen LogP contribution in [0.25, 0.3) is 0 Å². The van der Waals surface area contributed by atoms with Crippen LogP contribution in [-0.4, -0.2) is 11.8 Å². The summed E-state index contributed by atoms with van der Waals surface area (Å²) in [6, 6.07) is 14.8. The zero-order chi connectivity index (χ0) is 16.9. The predicted molar refractivity (Wildman–Crippen MR) is 95.6 cm³/mol. The molecule has 24 heavy (non-hydrogen) atoms. The molecule has 2 aromatic rings. The summed E-state index contributed by atoms with van der Waals surface area (Å²) in [5.74, 6) is 0.126. The van der Waals surface area contributed by atoms with Crippen molar-refractivity contribution in [3.63, 3.8) is 0 Å². The monoisotopic (exact) mass is 323 g/mol. The van der Waals surface area contributed by atoms with Crippen molar-refractivity contribution < 1.29 is 9.59 Å². The second-order valence-electron chi connectivity index (χ2n) is 6.09. The fraction of sp³-hybridized carbons (Fsp3) is 0.263. The van der Waals surface area contributed by atoms with Gasteiger partial charge in [0.05, 0.1) is 0 Å². The average molecular weight is 323 g/mol. The quantitative estimate of drug-likeness (QED) is 0.714. The van der Waals surface area contributed by atoms with Gasteiger partial charge in [0.2, 0.25) is 11.8 Å². The fourth-order valence-corrected chi connectivity index (χ4v) is 2.50. The van der Waals surface area contributed by atoms with E-state index in [0.717, 1.165) is 18.4 Å². The molecular weight excluding hydrogens is 302 g/mol. The number of nitrogen functional groups attached to an aromatic ring is 1. The first-order chi connectivity index (χ1) is 11.6. The molecule has 124 valence electrons. The summed E-state index contributed by atoms with van der Waals surface area (Å²) in [6.07, 6.45) is 2.87. The maximum Gasteiger partial charge on any atom is 0.227 e. The van der Waals surface area contributed by atoms with Gasteiger partial charge in [-0.25, -0.2) is 0 Å². The molecule has 0 aromatic heterocycles. The zero-order valence-corrected chi connectivity index (χ0v) is 13.4. The number of aryl methyl sites for hydroxylation is 1. The summed E-state index contributed by atoms with van der Waals surface area (Å²) in [4.78, 5) is 23.9. The van der Waals surface area contributed by atoms with E-state index in [-0.39, 0.29) is 17.7 Å². The summed E-state index contributed by atoms with van der Waals surface area (Å²) in [6.45, 7) is 0. The molecule has 0 bridgehead atoms. The second kappa shape index (κ2) is 7.17. The lowest BCUT2D eigenvalue weighted by Crippen LogP contribution is -2.15. The van der Waals surface area contributed by atoms with Gasteiger partial charge in [-0.2, -0.15) is 0 Å². The molecule has 5 heteroatoms. The summed E-state index contributed by atoms with van der Waals surface area (Å²) >= 11 is 0. The van der Waals surface area contributed by atoms with Gasteiger partial charge in [-0.1, -0.05) is 24.3 Å². The maximum atomic E-state index is 12.1. The van der Waals surface area contributed by atoms with Crippen molar-refractivity contribution in [1.29, 1.82) is 0 Å². The van der Waals surface area contributed by atoms with Crippen LogP contribution in [0.4, 0.5) is 17.1 Å². The molecule has 1 aliphatic carbocycles. The molecule has 0 aliphatic heterocycles. The Labute approximate surface area is 141 Å². The molecule has 1 saturated carbocycles. The van der Waals surface area contributed by atoms with Crippen molar-refractivity contribution in [3.05, 3.63) is 54.1 Å². The normalized spacial score (nSPS) is 13.3. The highest BCUT2D eigenvalue weighted by Gasteiger charge is 2.29. The number of rotatable bonds is 6. The number of hydrogen-bond donors (Lipinski definition) is 3. The highest BCUT2D eigenvalue weighted by atomic mass is 16.2. The van der Waals surface area contributed by atoms with Crippen molar-refractivity contribution >= 4 is 28.9 Å². The van der Waals surface area contributed by atoms with E-state index in [0.29, 0.717) is 29.9 Å². The van der Waals surface area contributed by atoms with Crippen LogP contribution in [0.2, 0.25) is 0 Å². The van der Waals surface area contributed by atoms with Crippen LogP contribution in [0.3, 0.4) is 0 Å². The van der Waals surface area contributed by atoms with Gasteiger partial charge in [0, 0.05) is 29.4 Å². The van der Waals surface area contributed by atoms with Gasteiger partial charge in [-0.05, 0) is 49.1 Å². The molecule has 0 saturated heterocycles. The van der Waals surface area contributed by atoms with E-state index in [2.05, 4.69) is 10.6 Å². The van der Waals surface area contributed by atoms with Crippen LogP contribution in [0.5, 0.6) is 0 Å². The highest BCUT2D eigenvalue weighted by molar-refractivity contribution is 5.96. The molecule has 1 fully saturated rings. The zero-order valence-electron chi connectivity index (χ0n) is 13.4. The Morgan fingerprint density at radius 2 is 1.71 bits per heavy atom. The highest BCUT2D eigenvalue weighted by Crippen LogP contribution is 2.30. The minimum atomic E-state index is -0.0797. The summed E-state index contributed by atoms with van der Waals surface area (Å²) < 4.78 is 0. The number of nitrogens with two attached hydrogens (primary N) is 1. The molecule has 0 radical (unpaired) electrons. The molecule has 5 nitrogen and oxygen atoms in total. The average Bonchev–Trinajstić information content (AvgIpc) is 3.39. The predicted octanol–water partition coefficient (Wildman–Crippen LogP) is 3.19. The van der Waals surface area contributed by atoms with E-state index in [1.165, 1.54) is 0 Å². The van der Waals surface area contributed by atoms with Crippen molar-refractivity contribution in [2.75, 3.05) is 16.4 Å². The van der Waals surface area contributed by atoms with Crippen LogP contribution >= 0.6 is 0 Å². The van der Waals surface area contributed by atoms with Crippen molar-refractivity contribution in [2.45, 2.75) is 25.7 Å². The molecule has 2 amide bonds. The van der Waals surface area contributed by atoms with Crippen LogP contribution in [0, 0.1) is 5.92 Å². The number of anilines is 3. The van der Waals surface area contributed by atoms with E-state index < -0.39 is 0 Å². The summed E-state index contributed by atoms with van der Waals surface area (Å²) in [5, 5.41) is 5.74. The summed E-state index contributed by atoms with van der Waals surface area (Å²) in [5.41, 5.74) is 8.94. The summed E-state index contributed by atoms with van der Waals surface area (Å²) in [7, 11) is 0. The Bertz CT molecular complexity index is 754. The van der Waals surface area contributed by atoms with Gasteiger partial charge in [0.15, 0.2) is 0 Å². The smallest absolute Gasteiger partial charge is 0.227 e. The molecule has 1 aliphatic rings. The minimum absolute atomic E-state index is 0.0537. The standard InChI is InChI=1S/C19H21N3O2/c20-17-7-2-1-4-13(17)10-11-18(23)21-15-5-3-6-16(12-15)22-19(24)14-8-9-14/h1-7,12,14H,8-11,20H2,(H,21,23)(H,22,24). The van der Waals surface area contributed by atoms with Gasteiger partial charge in [0.1, 0.15) is 0 Å². The number of amides is 2.